The number of nitrogens with zero attached hydrogens (tertiary/aromatic N) is 3. The molecule has 2 rings (SSSR count). The summed E-state index contributed by atoms with van der Waals surface area (Å²) in [4.78, 5) is 14.7. The minimum atomic E-state index is -0.387. The Morgan fingerprint density at radius 2 is 2.09 bits per heavy atom. The van der Waals surface area contributed by atoms with Gasteiger partial charge in [-0.3, -0.25) is 9.48 Å². The summed E-state index contributed by atoms with van der Waals surface area (Å²) in [6.45, 7) is 3.19. The lowest BCUT2D eigenvalue weighted by Gasteiger charge is -2.26. The van der Waals surface area contributed by atoms with Crippen LogP contribution in [-0.4, -0.2) is 41.3 Å². The second-order valence-electron chi connectivity index (χ2n) is 5.37. The van der Waals surface area contributed by atoms with Gasteiger partial charge in [0, 0.05) is 31.9 Å². The third-order valence-electron chi connectivity index (χ3n) is 3.82. The van der Waals surface area contributed by atoms with Crippen LogP contribution in [0.15, 0.2) is 36.7 Å². The number of amides is 1. The van der Waals surface area contributed by atoms with Gasteiger partial charge in [0.15, 0.2) is 0 Å². The van der Waals surface area contributed by atoms with Gasteiger partial charge in [0.2, 0.25) is 5.91 Å². The van der Waals surface area contributed by atoms with Crippen LogP contribution in [0, 0.1) is 0 Å². The van der Waals surface area contributed by atoms with Crippen LogP contribution in [0.3, 0.4) is 0 Å². The van der Waals surface area contributed by atoms with Gasteiger partial charge in [-0.25, -0.2) is 0 Å². The lowest BCUT2D eigenvalue weighted by molar-refractivity contribution is -0.133. The Morgan fingerprint density at radius 3 is 2.57 bits per heavy atom. The molecule has 0 saturated heterocycles. The van der Waals surface area contributed by atoms with E-state index in [0.29, 0.717) is 13.1 Å². The second-order valence-corrected chi connectivity index (χ2v) is 5.37. The Balaban J connectivity index is 2.12. The molecule has 1 aromatic carbocycles. The number of benzene rings is 1. The first kappa shape index (κ1) is 17.0. The van der Waals surface area contributed by atoms with Crippen molar-refractivity contribution in [2.24, 2.45) is 7.05 Å². The Morgan fingerprint density at radius 1 is 1.39 bits per heavy atom. The fourth-order valence-corrected chi connectivity index (χ4v) is 2.50. The molecule has 0 aliphatic rings. The van der Waals surface area contributed by atoms with Crippen molar-refractivity contribution >= 4 is 5.91 Å². The zero-order valence-corrected chi connectivity index (χ0v) is 14.1. The summed E-state index contributed by atoms with van der Waals surface area (Å²) in [5.74, 6) is 0.852. The number of rotatable bonds is 7. The van der Waals surface area contributed by atoms with Crippen molar-refractivity contribution in [3.05, 3.63) is 47.8 Å². The molecule has 1 N–H and O–H groups in total. The number of carbonyl (C=O) groups excluding carboxylic acids is 1. The molecule has 0 bridgehead atoms. The van der Waals surface area contributed by atoms with Crippen LogP contribution in [0.2, 0.25) is 0 Å². The fraction of sp³-hybridized carbons (Fsp3) is 0.412. The SMILES string of the molecule is CCN(Cc1ccc(OC)cc1)C(=O)C(NC)c1cnn(C)c1. The molecule has 0 saturated carbocycles. The zero-order valence-electron chi connectivity index (χ0n) is 14.1. The van der Waals surface area contributed by atoms with Crippen molar-refractivity contribution in [2.75, 3.05) is 20.7 Å². The first-order chi connectivity index (χ1) is 11.1. The summed E-state index contributed by atoms with van der Waals surface area (Å²) in [6, 6.07) is 7.39. The summed E-state index contributed by atoms with van der Waals surface area (Å²) >= 11 is 0. The predicted octanol–water partition coefficient (Wildman–Crippen LogP) is 1.74. The van der Waals surface area contributed by atoms with Gasteiger partial charge in [0.1, 0.15) is 11.8 Å². The van der Waals surface area contributed by atoms with Crippen LogP contribution in [0.25, 0.3) is 0 Å². The number of hydrogen-bond donors (Lipinski definition) is 1. The maximum atomic E-state index is 12.8. The molecule has 0 aliphatic heterocycles. The summed E-state index contributed by atoms with van der Waals surface area (Å²) in [6.07, 6.45) is 3.58. The molecule has 0 aliphatic carbocycles. The van der Waals surface area contributed by atoms with Crippen molar-refractivity contribution in [3.63, 3.8) is 0 Å². The number of aryl methyl sites for hydroxylation is 1. The highest BCUT2D eigenvalue weighted by molar-refractivity contribution is 5.83. The monoisotopic (exact) mass is 316 g/mol. The molecular formula is C17H24N4O2. The molecule has 1 heterocycles. The average Bonchev–Trinajstić information content (AvgIpc) is 2.99. The first-order valence-electron chi connectivity index (χ1n) is 7.66. The van der Waals surface area contributed by atoms with Gasteiger partial charge < -0.3 is 15.0 Å². The number of methoxy groups -OCH3 is 1. The number of aromatic nitrogens is 2. The van der Waals surface area contributed by atoms with Crippen LogP contribution < -0.4 is 10.1 Å². The topological polar surface area (TPSA) is 59.4 Å². The molecule has 2 aromatic rings. The Kier molecular flexibility index (Phi) is 5.76. The normalized spacial score (nSPS) is 12.0. The van der Waals surface area contributed by atoms with Crippen molar-refractivity contribution in [2.45, 2.75) is 19.5 Å². The second kappa shape index (κ2) is 7.78. The quantitative estimate of drug-likeness (QED) is 0.845. The highest BCUT2D eigenvalue weighted by Crippen LogP contribution is 2.18. The van der Waals surface area contributed by atoms with E-state index >= 15 is 0 Å². The van der Waals surface area contributed by atoms with Crippen LogP contribution in [0.4, 0.5) is 0 Å². The molecule has 1 unspecified atom stereocenters. The first-order valence-corrected chi connectivity index (χ1v) is 7.66. The van der Waals surface area contributed by atoms with E-state index in [1.54, 1.807) is 25.0 Å². The van der Waals surface area contributed by atoms with Gasteiger partial charge >= 0.3 is 0 Å². The van der Waals surface area contributed by atoms with Crippen molar-refractivity contribution in [3.8, 4) is 5.75 Å². The van der Waals surface area contributed by atoms with E-state index in [4.69, 9.17) is 4.74 Å². The number of ether oxygens (including phenoxy) is 1. The van der Waals surface area contributed by atoms with E-state index in [0.717, 1.165) is 16.9 Å². The number of carbonyl (C=O) groups is 1. The Bertz CT molecular complexity index is 636. The summed E-state index contributed by atoms with van der Waals surface area (Å²) in [5, 5.41) is 7.23. The standard InChI is InChI=1S/C17H24N4O2/c1-5-21(11-13-6-8-15(23-4)9-7-13)17(22)16(18-2)14-10-19-20(3)12-14/h6-10,12,16,18H,5,11H2,1-4H3. The van der Waals surface area contributed by atoms with E-state index < -0.39 is 0 Å². The summed E-state index contributed by atoms with van der Waals surface area (Å²) < 4.78 is 6.87. The van der Waals surface area contributed by atoms with E-state index in [1.807, 2.05) is 49.3 Å². The zero-order chi connectivity index (χ0) is 16.8. The van der Waals surface area contributed by atoms with Gasteiger partial charge in [-0.05, 0) is 31.7 Å². The third-order valence-corrected chi connectivity index (χ3v) is 3.82. The van der Waals surface area contributed by atoms with E-state index in [9.17, 15) is 4.79 Å². The molecule has 124 valence electrons. The molecule has 1 amide bonds. The average molecular weight is 316 g/mol. The van der Waals surface area contributed by atoms with Crippen LogP contribution >= 0.6 is 0 Å². The Hall–Kier alpha value is -2.34. The number of likely N-dealkylation sites (N-methyl/N-ethyl adjacent to an activating group) is 2. The minimum absolute atomic E-state index is 0.0406. The van der Waals surface area contributed by atoms with Gasteiger partial charge in [-0.2, -0.15) is 5.10 Å². The molecule has 1 aromatic heterocycles. The van der Waals surface area contributed by atoms with Gasteiger partial charge in [-0.15, -0.1) is 0 Å². The summed E-state index contributed by atoms with van der Waals surface area (Å²) in [7, 11) is 5.27. The van der Waals surface area contributed by atoms with Crippen molar-refractivity contribution < 1.29 is 9.53 Å². The number of hydrogen-bond acceptors (Lipinski definition) is 4. The molecular weight excluding hydrogens is 292 g/mol. The highest BCUT2D eigenvalue weighted by atomic mass is 16.5. The fourth-order valence-electron chi connectivity index (χ4n) is 2.50. The minimum Gasteiger partial charge on any atom is -0.497 e. The molecule has 6 nitrogen and oxygen atoms in total. The lowest BCUT2D eigenvalue weighted by atomic mass is 10.1. The molecule has 0 fully saturated rings. The van der Waals surface area contributed by atoms with E-state index in [-0.39, 0.29) is 11.9 Å². The maximum Gasteiger partial charge on any atom is 0.244 e. The summed E-state index contributed by atoms with van der Waals surface area (Å²) in [5.41, 5.74) is 1.94. The van der Waals surface area contributed by atoms with Crippen molar-refractivity contribution in [1.82, 2.24) is 20.0 Å². The lowest BCUT2D eigenvalue weighted by Crippen LogP contribution is -2.39. The highest BCUT2D eigenvalue weighted by Gasteiger charge is 2.24. The van der Waals surface area contributed by atoms with Gasteiger partial charge in [-0.1, -0.05) is 12.1 Å². The van der Waals surface area contributed by atoms with Crippen LogP contribution in [0.5, 0.6) is 5.75 Å². The van der Waals surface area contributed by atoms with E-state index in [2.05, 4.69) is 10.4 Å². The molecule has 23 heavy (non-hydrogen) atoms. The predicted molar refractivity (Wildman–Crippen MR) is 89.1 cm³/mol. The smallest absolute Gasteiger partial charge is 0.244 e. The number of nitrogens with one attached hydrogen (secondary N) is 1. The molecule has 0 radical (unpaired) electrons. The van der Waals surface area contributed by atoms with Gasteiger partial charge in [0.05, 0.1) is 13.3 Å². The van der Waals surface area contributed by atoms with Crippen molar-refractivity contribution in [1.29, 1.82) is 0 Å². The van der Waals surface area contributed by atoms with E-state index in [1.165, 1.54) is 0 Å². The largest absolute Gasteiger partial charge is 0.497 e. The van der Waals surface area contributed by atoms with Gasteiger partial charge in [0.25, 0.3) is 0 Å². The molecule has 0 spiro atoms. The molecule has 1 atom stereocenters. The Labute approximate surface area is 137 Å². The van der Waals surface area contributed by atoms with Crippen LogP contribution in [-0.2, 0) is 18.4 Å². The molecule has 6 heteroatoms. The third kappa shape index (κ3) is 4.10. The maximum absolute atomic E-state index is 12.8. The van der Waals surface area contributed by atoms with Crippen LogP contribution in [0.1, 0.15) is 24.1 Å².